The molecule has 1 N–H and O–H groups in total. The number of halogens is 1. The van der Waals surface area contributed by atoms with E-state index in [4.69, 9.17) is 0 Å². The molecule has 0 spiro atoms. The van der Waals surface area contributed by atoms with Gasteiger partial charge in [-0.15, -0.1) is 0 Å². The van der Waals surface area contributed by atoms with Crippen LogP contribution in [0.1, 0.15) is 24.8 Å². The largest absolute Gasteiger partial charge is 0.392 e. The first-order valence-corrected chi connectivity index (χ1v) is 7.26. The monoisotopic (exact) mass is 328 g/mol. The van der Waals surface area contributed by atoms with Gasteiger partial charge in [0, 0.05) is 3.57 Å². The molecular weight excluding hydrogens is 311 g/mol. The fourth-order valence-corrected chi connectivity index (χ4v) is 3.81. The van der Waals surface area contributed by atoms with Crippen molar-refractivity contribution >= 4 is 22.6 Å². The maximum absolute atomic E-state index is 10.2. The van der Waals surface area contributed by atoms with Crippen molar-refractivity contribution in [3.05, 3.63) is 33.4 Å². The first-order chi connectivity index (χ1) is 7.75. The molecule has 2 fully saturated rings. The summed E-state index contributed by atoms with van der Waals surface area (Å²) in [7, 11) is 0. The highest BCUT2D eigenvalue weighted by Gasteiger charge is 2.55. The third kappa shape index (κ3) is 2.02. The average Bonchev–Trinajstić information content (AvgIpc) is 2.76. The van der Waals surface area contributed by atoms with Crippen molar-refractivity contribution in [3.63, 3.8) is 0 Å². The maximum atomic E-state index is 10.2. The standard InChI is InChI=1S/C14H17IO/c15-10-6-4-9(5-7-10)8-13(16)14-11-2-1-3-12(11)14/h4-7,11-14,16H,1-3,8H2. The Kier molecular flexibility index (Phi) is 2.96. The Morgan fingerprint density at radius 2 is 1.81 bits per heavy atom. The summed E-state index contributed by atoms with van der Waals surface area (Å²) in [5.41, 5.74) is 1.28. The van der Waals surface area contributed by atoms with Gasteiger partial charge in [0.25, 0.3) is 0 Å². The Hall–Kier alpha value is -0.0900. The van der Waals surface area contributed by atoms with E-state index < -0.39 is 0 Å². The molecule has 2 heteroatoms. The Balaban J connectivity index is 1.60. The summed E-state index contributed by atoms with van der Waals surface area (Å²) in [4.78, 5) is 0. The van der Waals surface area contributed by atoms with Gasteiger partial charge in [0.1, 0.15) is 0 Å². The molecule has 16 heavy (non-hydrogen) atoms. The molecule has 2 saturated carbocycles. The third-order valence-corrected chi connectivity index (χ3v) is 4.99. The molecule has 0 bridgehead atoms. The summed E-state index contributed by atoms with van der Waals surface area (Å²) < 4.78 is 1.26. The van der Waals surface area contributed by atoms with E-state index in [0.717, 1.165) is 18.3 Å². The van der Waals surface area contributed by atoms with E-state index in [-0.39, 0.29) is 6.10 Å². The number of fused-ring (bicyclic) bond motifs is 1. The van der Waals surface area contributed by atoms with Crippen LogP contribution in [0, 0.1) is 21.3 Å². The quantitative estimate of drug-likeness (QED) is 0.845. The zero-order chi connectivity index (χ0) is 11.1. The molecule has 3 rings (SSSR count). The van der Waals surface area contributed by atoms with Crippen LogP contribution in [0.2, 0.25) is 0 Å². The lowest BCUT2D eigenvalue weighted by Gasteiger charge is -2.12. The maximum Gasteiger partial charge on any atom is 0.0614 e. The fraction of sp³-hybridized carbons (Fsp3) is 0.571. The number of hydrogen-bond acceptors (Lipinski definition) is 1. The van der Waals surface area contributed by atoms with Crippen LogP contribution in [0.15, 0.2) is 24.3 Å². The molecule has 2 aliphatic rings. The van der Waals surface area contributed by atoms with Gasteiger partial charge in [0.05, 0.1) is 6.10 Å². The van der Waals surface area contributed by atoms with Gasteiger partial charge in [-0.3, -0.25) is 0 Å². The van der Waals surface area contributed by atoms with Crippen molar-refractivity contribution in [2.45, 2.75) is 31.8 Å². The van der Waals surface area contributed by atoms with E-state index in [0.29, 0.717) is 5.92 Å². The van der Waals surface area contributed by atoms with Gasteiger partial charge in [0.2, 0.25) is 0 Å². The van der Waals surface area contributed by atoms with Crippen molar-refractivity contribution in [2.24, 2.45) is 17.8 Å². The zero-order valence-electron chi connectivity index (χ0n) is 9.27. The van der Waals surface area contributed by atoms with E-state index >= 15 is 0 Å². The van der Waals surface area contributed by atoms with Gasteiger partial charge < -0.3 is 5.11 Å². The predicted molar refractivity (Wildman–Crippen MR) is 73.2 cm³/mol. The fourth-order valence-electron chi connectivity index (χ4n) is 3.45. The van der Waals surface area contributed by atoms with Crippen LogP contribution in [0.25, 0.3) is 0 Å². The highest BCUT2D eigenvalue weighted by Crippen LogP contribution is 2.59. The van der Waals surface area contributed by atoms with E-state index in [9.17, 15) is 5.11 Å². The van der Waals surface area contributed by atoms with Crippen LogP contribution >= 0.6 is 22.6 Å². The molecule has 0 aromatic heterocycles. The molecule has 0 saturated heterocycles. The molecule has 0 heterocycles. The Morgan fingerprint density at radius 1 is 1.19 bits per heavy atom. The van der Waals surface area contributed by atoms with Crippen molar-refractivity contribution in [1.29, 1.82) is 0 Å². The Bertz CT molecular complexity index is 363. The number of benzene rings is 1. The van der Waals surface area contributed by atoms with Gasteiger partial charge >= 0.3 is 0 Å². The smallest absolute Gasteiger partial charge is 0.0614 e. The number of rotatable bonds is 3. The molecule has 2 aliphatic carbocycles. The van der Waals surface area contributed by atoms with Crippen LogP contribution in [-0.2, 0) is 6.42 Å². The second-order valence-corrected chi connectivity index (χ2v) is 6.48. The van der Waals surface area contributed by atoms with Crippen molar-refractivity contribution in [2.75, 3.05) is 0 Å². The summed E-state index contributed by atoms with van der Waals surface area (Å²) >= 11 is 2.32. The molecule has 3 unspecified atom stereocenters. The van der Waals surface area contributed by atoms with Gasteiger partial charge in [-0.2, -0.15) is 0 Å². The topological polar surface area (TPSA) is 20.2 Å². The van der Waals surface area contributed by atoms with E-state index in [2.05, 4.69) is 46.9 Å². The Morgan fingerprint density at radius 3 is 2.44 bits per heavy atom. The predicted octanol–water partition coefficient (Wildman–Crippen LogP) is 3.24. The summed E-state index contributed by atoms with van der Waals surface area (Å²) in [6.07, 6.45) is 4.85. The van der Waals surface area contributed by atoms with E-state index in [1.165, 1.54) is 28.4 Å². The summed E-state index contributed by atoms with van der Waals surface area (Å²) in [5, 5.41) is 10.2. The summed E-state index contributed by atoms with van der Waals surface area (Å²) in [6.45, 7) is 0. The second kappa shape index (κ2) is 4.30. The lowest BCUT2D eigenvalue weighted by atomic mass is 10.00. The number of aliphatic hydroxyl groups is 1. The first kappa shape index (κ1) is 11.0. The molecule has 0 amide bonds. The lowest BCUT2D eigenvalue weighted by Crippen LogP contribution is -2.16. The number of hydrogen-bond donors (Lipinski definition) is 1. The van der Waals surface area contributed by atoms with Gasteiger partial charge in [0.15, 0.2) is 0 Å². The van der Waals surface area contributed by atoms with Crippen LogP contribution in [0.3, 0.4) is 0 Å². The van der Waals surface area contributed by atoms with Gasteiger partial charge in [-0.25, -0.2) is 0 Å². The molecule has 0 radical (unpaired) electrons. The molecule has 3 atom stereocenters. The average molecular weight is 328 g/mol. The SMILES string of the molecule is OC(Cc1ccc(I)cc1)C1C2CCCC21. The molecule has 86 valence electrons. The van der Waals surface area contributed by atoms with Crippen molar-refractivity contribution < 1.29 is 5.11 Å². The minimum atomic E-state index is -0.102. The second-order valence-electron chi connectivity index (χ2n) is 5.23. The van der Waals surface area contributed by atoms with Crippen LogP contribution in [0.4, 0.5) is 0 Å². The number of aliphatic hydroxyl groups excluding tert-OH is 1. The van der Waals surface area contributed by atoms with Crippen LogP contribution in [0.5, 0.6) is 0 Å². The lowest BCUT2D eigenvalue weighted by molar-refractivity contribution is 0.135. The van der Waals surface area contributed by atoms with E-state index in [1.807, 2.05) is 0 Å². The molecule has 1 aromatic rings. The highest BCUT2D eigenvalue weighted by atomic mass is 127. The van der Waals surface area contributed by atoms with Crippen LogP contribution in [-0.4, -0.2) is 11.2 Å². The third-order valence-electron chi connectivity index (χ3n) is 4.28. The summed E-state index contributed by atoms with van der Waals surface area (Å²) in [5.74, 6) is 2.34. The highest BCUT2D eigenvalue weighted by molar-refractivity contribution is 14.1. The van der Waals surface area contributed by atoms with Gasteiger partial charge in [-0.05, 0) is 77.3 Å². The normalized spacial score (nSPS) is 33.5. The van der Waals surface area contributed by atoms with Gasteiger partial charge in [-0.1, -0.05) is 18.6 Å². The first-order valence-electron chi connectivity index (χ1n) is 6.18. The zero-order valence-corrected chi connectivity index (χ0v) is 11.4. The minimum absolute atomic E-state index is 0.102. The molecular formula is C14H17IO. The molecule has 0 aliphatic heterocycles. The van der Waals surface area contributed by atoms with Crippen LogP contribution < -0.4 is 0 Å². The van der Waals surface area contributed by atoms with E-state index in [1.54, 1.807) is 0 Å². The molecule has 1 aromatic carbocycles. The van der Waals surface area contributed by atoms with Crippen molar-refractivity contribution in [1.82, 2.24) is 0 Å². The summed E-state index contributed by atoms with van der Waals surface area (Å²) in [6, 6.07) is 8.53. The Labute approximate surface area is 110 Å². The minimum Gasteiger partial charge on any atom is -0.392 e. The van der Waals surface area contributed by atoms with Crippen molar-refractivity contribution in [3.8, 4) is 0 Å². The molecule has 1 nitrogen and oxygen atoms in total.